The molecule has 5 heteroatoms. The summed E-state index contributed by atoms with van der Waals surface area (Å²) >= 11 is 0. The number of likely N-dealkylation sites (N-methyl/N-ethyl adjacent to an activating group) is 1. The highest BCUT2D eigenvalue weighted by molar-refractivity contribution is 5.75. The zero-order valence-electron chi connectivity index (χ0n) is 15.6. The molecule has 0 spiro atoms. The lowest BCUT2D eigenvalue weighted by atomic mass is 10.0. The fraction of sp³-hybridized carbons (Fsp3) is 0.632. The van der Waals surface area contributed by atoms with Crippen LogP contribution in [0.4, 0.5) is 5.69 Å². The fourth-order valence-corrected chi connectivity index (χ4v) is 3.11. The molecule has 1 aromatic carbocycles. The first-order valence-electron chi connectivity index (χ1n) is 8.97. The second kappa shape index (κ2) is 9.04. The van der Waals surface area contributed by atoms with Crippen molar-refractivity contribution in [1.29, 1.82) is 0 Å². The van der Waals surface area contributed by atoms with Crippen molar-refractivity contribution in [3.63, 3.8) is 0 Å². The van der Waals surface area contributed by atoms with Crippen LogP contribution < -0.4 is 10.2 Å². The summed E-state index contributed by atoms with van der Waals surface area (Å²) in [6.07, 6.45) is 1.50. The average molecular weight is 332 g/mol. The molecule has 1 aromatic rings. The Morgan fingerprint density at radius 1 is 1.17 bits per heavy atom. The van der Waals surface area contributed by atoms with Gasteiger partial charge in [-0.25, -0.2) is 0 Å². The predicted molar refractivity (Wildman–Crippen MR) is 100 cm³/mol. The van der Waals surface area contributed by atoms with Gasteiger partial charge in [0.25, 0.3) is 0 Å². The van der Waals surface area contributed by atoms with Crippen LogP contribution in [-0.4, -0.2) is 69.6 Å². The molecule has 0 unspecified atom stereocenters. The number of nitrogens with one attached hydrogen (secondary N) is 1. The van der Waals surface area contributed by atoms with E-state index < -0.39 is 0 Å². The van der Waals surface area contributed by atoms with Crippen molar-refractivity contribution in [3.05, 3.63) is 29.8 Å². The molecule has 1 aliphatic heterocycles. The minimum Gasteiger partial charge on any atom is -0.378 e. The first kappa shape index (κ1) is 18.7. The zero-order valence-corrected chi connectivity index (χ0v) is 15.6. The van der Waals surface area contributed by atoms with Crippen LogP contribution in [0.1, 0.15) is 31.4 Å². The van der Waals surface area contributed by atoms with Gasteiger partial charge in [-0.05, 0) is 31.2 Å². The molecule has 24 heavy (non-hydrogen) atoms. The summed E-state index contributed by atoms with van der Waals surface area (Å²) in [4.78, 5) is 18.9. The van der Waals surface area contributed by atoms with E-state index in [9.17, 15) is 4.79 Å². The van der Waals surface area contributed by atoms with E-state index in [0.29, 0.717) is 13.0 Å². The molecule has 0 radical (unpaired) electrons. The molecule has 5 nitrogen and oxygen atoms in total. The first-order valence-corrected chi connectivity index (χ1v) is 8.97. The minimum absolute atomic E-state index is 0.154. The molecule has 0 aromatic heterocycles. The SMILES string of the molecule is CCCC(=O)NC[C@H](c1ccc(N(C)C)cc1)N1CCN(C)CC1. The van der Waals surface area contributed by atoms with Crippen LogP contribution in [0, 0.1) is 0 Å². The number of hydrogen-bond acceptors (Lipinski definition) is 4. The van der Waals surface area contributed by atoms with Crippen molar-refractivity contribution in [1.82, 2.24) is 15.1 Å². The lowest BCUT2D eigenvalue weighted by molar-refractivity contribution is -0.121. The quantitative estimate of drug-likeness (QED) is 0.828. The number of carbonyl (C=O) groups is 1. The Labute approximate surface area is 146 Å². The Kier molecular flexibility index (Phi) is 7.06. The van der Waals surface area contributed by atoms with Crippen molar-refractivity contribution >= 4 is 11.6 Å². The number of carbonyl (C=O) groups excluding carboxylic acids is 1. The molecule has 1 heterocycles. The number of amides is 1. The molecule has 1 aliphatic rings. The molecule has 1 N–H and O–H groups in total. The summed E-state index contributed by atoms with van der Waals surface area (Å²) in [7, 11) is 6.27. The van der Waals surface area contributed by atoms with Crippen LogP contribution in [0.15, 0.2) is 24.3 Å². The maximum atomic E-state index is 11.9. The molecular formula is C19H32N4O. The van der Waals surface area contributed by atoms with E-state index in [-0.39, 0.29) is 11.9 Å². The van der Waals surface area contributed by atoms with E-state index in [2.05, 4.69) is 65.4 Å². The Morgan fingerprint density at radius 2 is 1.79 bits per heavy atom. The zero-order chi connectivity index (χ0) is 17.5. The van der Waals surface area contributed by atoms with Crippen molar-refractivity contribution < 1.29 is 4.79 Å². The number of nitrogens with zero attached hydrogens (tertiary/aromatic N) is 3. The first-order chi connectivity index (χ1) is 11.5. The van der Waals surface area contributed by atoms with Crippen molar-refractivity contribution in [2.45, 2.75) is 25.8 Å². The van der Waals surface area contributed by atoms with Crippen LogP contribution in [0.3, 0.4) is 0 Å². The molecule has 1 amide bonds. The van der Waals surface area contributed by atoms with Crippen LogP contribution in [-0.2, 0) is 4.79 Å². The highest BCUT2D eigenvalue weighted by Gasteiger charge is 2.24. The Hall–Kier alpha value is -1.59. The summed E-state index contributed by atoms with van der Waals surface area (Å²) in [5, 5.41) is 3.12. The standard InChI is InChI=1S/C19H32N4O/c1-5-6-19(24)20-15-18(23-13-11-22(4)12-14-23)16-7-9-17(10-8-16)21(2)3/h7-10,18H,5-6,11-15H2,1-4H3,(H,20,24)/t18-/m1/s1. The van der Waals surface area contributed by atoms with Gasteiger partial charge in [0.1, 0.15) is 0 Å². The molecule has 1 saturated heterocycles. The third-order valence-electron chi connectivity index (χ3n) is 4.74. The smallest absolute Gasteiger partial charge is 0.220 e. The molecule has 0 bridgehead atoms. The summed E-state index contributed by atoms with van der Waals surface area (Å²) in [6, 6.07) is 8.96. The number of anilines is 1. The van der Waals surface area contributed by atoms with E-state index in [0.717, 1.165) is 32.6 Å². The van der Waals surface area contributed by atoms with Crippen molar-refractivity contribution in [2.24, 2.45) is 0 Å². The topological polar surface area (TPSA) is 38.8 Å². The van der Waals surface area contributed by atoms with Crippen LogP contribution in [0.25, 0.3) is 0 Å². The van der Waals surface area contributed by atoms with E-state index in [4.69, 9.17) is 0 Å². The number of benzene rings is 1. The van der Waals surface area contributed by atoms with E-state index in [1.807, 2.05) is 6.92 Å². The minimum atomic E-state index is 0.154. The second-order valence-corrected chi connectivity index (χ2v) is 6.90. The van der Waals surface area contributed by atoms with Gasteiger partial charge in [0.15, 0.2) is 0 Å². The maximum Gasteiger partial charge on any atom is 0.220 e. The Morgan fingerprint density at radius 3 is 2.33 bits per heavy atom. The average Bonchev–Trinajstić information content (AvgIpc) is 2.57. The highest BCUT2D eigenvalue weighted by atomic mass is 16.1. The molecular weight excluding hydrogens is 300 g/mol. The summed E-state index contributed by atoms with van der Waals surface area (Å²) < 4.78 is 0. The van der Waals surface area contributed by atoms with Gasteiger partial charge in [0.2, 0.25) is 5.91 Å². The van der Waals surface area contributed by atoms with Gasteiger partial charge in [-0.15, -0.1) is 0 Å². The maximum absolute atomic E-state index is 11.9. The third kappa shape index (κ3) is 5.21. The number of hydrogen-bond donors (Lipinski definition) is 1. The lowest BCUT2D eigenvalue weighted by Gasteiger charge is -2.38. The largest absolute Gasteiger partial charge is 0.378 e. The van der Waals surface area contributed by atoms with Gasteiger partial charge in [-0.1, -0.05) is 19.1 Å². The van der Waals surface area contributed by atoms with Gasteiger partial charge in [0.05, 0.1) is 6.04 Å². The monoisotopic (exact) mass is 332 g/mol. The Bertz CT molecular complexity index is 507. The van der Waals surface area contributed by atoms with Crippen LogP contribution in [0.2, 0.25) is 0 Å². The molecule has 1 fully saturated rings. The van der Waals surface area contributed by atoms with Crippen LogP contribution >= 0.6 is 0 Å². The summed E-state index contributed by atoms with van der Waals surface area (Å²) in [5.74, 6) is 0.154. The van der Waals surface area contributed by atoms with Crippen LogP contribution in [0.5, 0.6) is 0 Å². The molecule has 0 aliphatic carbocycles. The van der Waals surface area contributed by atoms with Gasteiger partial charge < -0.3 is 15.1 Å². The highest BCUT2D eigenvalue weighted by Crippen LogP contribution is 2.24. The normalized spacial score (nSPS) is 17.5. The number of rotatable bonds is 7. The molecule has 0 saturated carbocycles. The summed E-state index contributed by atoms with van der Waals surface area (Å²) in [5.41, 5.74) is 2.48. The second-order valence-electron chi connectivity index (χ2n) is 6.90. The van der Waals surface area contributed by atoms with Gasteiger partial charge >= 0.3 is 0 Å². The lowest BCUT2D eigenvalue weighted by Crippen LogP contribution is -2.48. The van der Waals surface area contributed by atoms with Gasteiger partial charge in [-0.2, -0.15) is 0 Å². The fourth-order valence-electron chi connectivity index (χ4n) is 3.11. The number of piperazine rings is 1. The van der Waals surface area contributed by atoms with Crippen molar-refractivity contribution in [2.75, 3.05) is 58.8 Å². The third-order valence-corrected chi connectivity index (χ3v) is 4.74. The molecule has 2 rings (SSSR count). The van der Waals surface area contributed by atoms with E-state index in [1.165, 1.54) is 11.3 Å². The van der Waals surface area contributed by atoms with Crippen molar-refractivity contribution in [3.8, 4) is 0 Å². The Balaban J connectivity index is 2.10. The summed E-state index contributed by atoms with van der Waals surface area (Å²) in [6.45, 7) is 6.96. The van der Waals surface area contributed by atoms with Gasteiger partial charge in [0, 0.05) is 58.9 Å². The van der Waals surface area contributed by atoms with E-state index in [1.54, 1.807) is 0 Å². The molecule has 134 valence electrons. The van der Waals surface area contributed by atoms with Gasteiger partial charge in [-0.3, -0.25) is 9.69 Å². The predicted octanol–water partition coefficient (Wildman–Crippen LogP) is 1.96. The molecule has 1 atom stereocenters. The van der Waals surface area contributed by atoms with E-state index >= 15 is 0 Å².